The minimum atomic E-state index is -0.728. The van der Waals surface area contributed by atoms with Crippen molar-refractivity contribution >= 4 is 5.82 Å². The number of anilines is 1. The van der Waals surface area contributed by atoms with E-state index in [2.05, 4.69) is 20.4 Å². The van der Waals surface area contributed by atoms with E-state index in [-0.39, 0.29) is 5.82 Å². The molecule has 5 nitrogen and oxygen atoms in total. The normalized spacial score (nSPS) is 10.5. The molecule has 0 unspecified atom stereocenters. The number of nitrogens with one attached hydrogen (secondary N) is 1. The third-order valence-electron chi connectivity index (χ3n) is 2.02. The molecule has 0 aliphatic rings. The van der Waals surface area contributed by atoms with Crippen LogP contribution in [0.4, 0.5) is 14.6 Å². The molecule has 0 atom stereocenters. The van der Waals surface area contributed by atoms with Crippen molar-refractivity contribution < 1.29 is 13.3 Å². The van der Waals surface area contributed by atoms with E-state index >= 15 is 0 Å². The summed E-state index contributed by atoms with van der Waals surface area (Å²) in [4.78, 5) is 7.58. The van der Waals surface area contributed by atoms with Gasteiger partial charge in [-0.15, -0.1) is 0 Å². The maximum absolute atomic E-state index is 13.2. The molecule has 0 saturated heterocycles. The zero-order valence-corrected chi connectivity index (χ0v) is 9.07. The zero-order chi connectivity index (χ0) is 12.3. The molecule has 2 aromatic rings. The quantitative estimate of drug-likeness (QED) is 0.881. The lowest BCUT2D eigenvalue weighted by molar-refractivity contribution is 0.387. The second-order valence-electron chi connectivity index (χ2n) is 3.39. The summed E-state index contributed by atoms with van der Waals surface area (Å²) in [6.07, 6.45) is 1.42. The average Bonchev–Trinajstić information content (AvgIpc) is 2.68. The van der Waals surface area contributed by atoms with Gasteiger partial charge in [-0.25, -0.2) is 13.8 Å². The van der Waals surface area contributed by atoms with Crippen molar-refractivity contribution in [2.24, 2.45) is 0 Å². The van der Waals surface area contributed by atoms with Gasteiger partial charge in [0.2, 0.25) is 5.89 Å². The number of aryl methyl sites for hydroxylation is 1. The summed E-state index contributed by atoms with van der Waals surface area (Å²) in [6, 6.07) is 0.772. The van der Waals surface area contributed by atoms with Crippen molar-refractivity contribution in [3.05, 3.63) is 35.6 Å². The van der Waals surface area contributed by atoms with Crippen molar-refractivity contribution in [3.63, 3.8) is 0 Å². The van der Waals surface area contributed by atoms with Crippen molar-refractivity contribution in [2.75, 3.05) is 11.9 Å². The van der Waals surface area contributed by atoms with Crippen LogP contribution in [0.2, 0.25) is 0 Å². The van der Waals surface area contributed by atoms with Crippen LogP contribution in [0.25, 0.3) is 0 Å². The van der Waals surface area contributed by atoms with Crippen LogP contribution < -0.4 is 5.32 Å². The van der Waals surface area contributed by atoms with Crippen molar-refractivity contribution in [2.45, 2.75) is 13.3 Å². The van der Waals surface area contributed by atoms with Crippen LogP contribution >= 0.6 is 0 Å². The van der Waals surface area contributed by atoms with E-state index in [9.17, 15) is 8.78 Å². The molecule has 0 radical (unpaired) electrons. The predicted molar refractivity (Wildman–Crippen MR) is 55.4 cm³/mol. The number of pyridine rings is 1. The van der Waals surface area contributed by atoms with E-state index in [4.69, 9.17) is 4.52 Å². The van der Waals surface area contributed by atoms with Gasteiger partial charge in [0, 0.05) is 26.0 Å². The Morgan fingerprint density at radius 2 is 2.24 bits per heavy atom. The molecular weight excluding hydrogens is 230 g/mol. The highest BCUT2D eigenvalue weighted by Crippen LogP contribution is 2.10. The minimum absolute atomic E-state index is 0.00613. The standard InChI is InChI=1S/C10H10F2N4O/c1-6-15-9(16-17-6)2-3-13-10-8(12)4-7(11)5-14-10/h4-5H,2-3H2,1H3,(H,13,14). The van der Waals surface area contributed by atoms with E-state index in [0.29, 0.717) is 24.7 Å². The third kappa shape index (κ3) is 2.96. The largest absolute Gasteiger partial charge is 0.367 e. The van der Waals surface area contributed by atoms with Crippen molar-refractivity contribution in [1.29, 1.82) is 0 Å². The Morgan fingerprint density at radius 1 is 1.41 bits per heavy atom. The molecule has 0 fully saturated rings. The van der Waals surface area contributed by atoms with Gasteiger partial charge < -0.3 is 9.84 Å². The van der Waals surface area contributed by atoms with Crippen LogP contribution in [0.15, 0.2) is 16.8 Å². The molecule has 2 rings (SSSR count). The molecule has 0 aliphatic heterocycles. The molecule has 1 N–H and O–H groups in total. The lowest BCUT2D eigenvalue weighted by Crippen LogP contribution is -2.09. The highest BCUT2D eigenvalue weighted by atomic mass is 19.1. The minimum Gasteiger partial charge on any atom is -0.367 e. The number of aromatic nitrogens is 3. The number of rotatable bonds is 4. The Labute approximate surface area is 95.9 Å². The Morgan fingerprint density at radius 3 is 2.88 bits per heavy atom. The van der Waals surface area contributed by atoms with Crippen LogP contribution in [0.3, 0.4) is 0 Å². The third-order valence-corrected chi connectivity index (χ3v) is 2.02. The van der Waals surface area contributed by atoms with Gasteiger partial charge in [0.15, 0.2) is 17.5 Å². The van der Waals surface area contributed by atoms with Crippen molar-refractivity contribution in [1.82, 2.24) is 15.1 Å². The fraction of sp³-hybridized carbons (Fsp3) is 0.300. The Kier molecular flexibility index (Phi) is 3.27. The molecule has 7 heteroatoms. The summed E-state index contributed by atoms with van der Waals surface area (Å²) >= 11 is 0. The molecule has 2 heterocycles. The van der Waals surface area contributed by atoms with Gasteiger partial charge >= 0.3 is 0 Å². The maximum atomic E-state index is 13.2. The second-order valence-corrected chi connectivity index (χ2v) is 3.39. The fourth-order valence-electron chi connectivity index (χ4n) is 1.28. The molecule has 2 aromatic heterocycles. The molecule has 0 amide bonds. The van der Waals surface area contributed by atoms with E-state index < -0.39 is 11.6 Å². The van der Waals surface area contributed by atoms with E-state index in [1.807, 2.05) is 0 Å². The second kappa shape index (κ2) is 4.86. The predicted octanol–water partition coefficient (Wildman–Crippen LogP) is 1.71. The van der Waals surface area contributed by atoms with Crippen LogP contribution in [-0.2, 0) is 6.42 Å². The Bertz CT molecular complexity index is 515. The summed E-state index contributed by atoms with van der Waals surface area (Å²) in [7, 11) is 0. The Hall–Kier alpha value is -2.05. The average molecular weight is 240 g/mol. The molecule has 0 aromatic carbocycles. The number of hydrogen-bond acceptors (Lipinski definition) is 5. The van der Waals surface area contributed by atoms with Crippen molar-refractivity contribution in [3.8, 4) is 0 Å². The fourth-order valence-corrected chi connectivity index (χ4v) is 1.28. The molecule has 0 saturated carbocycles. The highest BCUT2D eigenvalue weighted by molar-refractivity contribution is 5.35. The molecule has 0 aliphatic carbocycles. The van der Waals surface area contributed by atoms with E-state index in [1.165, 1.54) is 0 Å². The monoisotopic (exact) mass is 240 g/mol. The maximum Gasteiger partial charge on any atom is 0.223 e. The van der Waals surface area contributed by atoms with Crippen LogP contribution in [0.5, 0.6) is 0 Å². The lowest BCUT2D eigenvalue weighted by atomic mass is 10.4. The van der Waals surface area contributed by atoms with Gasteiger partial charge in [0.25, 0.3) is 0 Å². The van der Waals surface area contributed by atoms with Crippen LogP contribution in [0, 0.1) is 18.6 Å². The molecule has 0 bridgehead atoms. The van der Waals surface area contributed by atoms with Crippen LogP contribution in [0.1, 0.15) is 11.7 Å². The van der Waals surface area contributed by atoms with E-state index in [1.54, 1.807) is 6.92 Å². The Balaban J connectivity index is 1.90. The number of halogens is 2. The summed E-state index contributed by atoms with van der Waals surface area (Å²) in [5.41, 5.74) is 0. The first-order valence-corrected chi connectivity index (χ1v) is 4.99. The number of hydrogen-bond donors (Lipinski definition) is 1. The molecular formula is C10H10F2N4O. The topological polar surface area (TPSA) is 63.8 Å². The summed E-state index contributed by atoms with van der Waals surface area (Å²) in [5, 5.41) is 6.41. The molecule has 17 heavy (non-hydrogen) atoms. The SMILES string of the molecule is Cc1nc(CCNc2ncc(F)cc2F)no1. The smallest absolute Gasteiger partial charge is 0.223 e. The first-order chi connectivity index (χ1) is 8.15. The van der Waals surface area contributed by atoms with Gasteiger partial charge in [0.05, 0.1) is 6.20 Å². The van der Waals surface area contributed by atoms with Gasteiger partial charge in [-0.05, 0) is 0 Å². The molecule has 90 valence electrons. The lowest BCUT2D eigenvalue weighted by Gasteiger charge is -2.04. The highest BCUT2D eigenvalue weighted by Gasteiger charge is 2.06. The van der Waals surface area contributed by atoms with Crippen LogP contribution in [-0.4, -0.2) is 21.7 Å². The first-order valence-electron chi connectivity index (χ1n) is 4.99. The summed E-state index contributed by atoms with van der Waals surface area (Å²) < 4.78 is 30.5. The number of nitrogens with zero attached hydrogens (tertiary/aromatic N) is 3. The summed E-state index contributed by atoms with van der Waals surface area (Å²) in [6.45, 7) is 2.07. The van der Waals surface area contributed by atoms with Gasteiger partial charge in [-0.3, -0.25) is 0 Å². The summed E-state index contributed by atoms with van der Waals surface area (Å²) in [5.74, 6) is -0.425. The van der Waals surface area contributed by atoms with Gasteiger partial charge in [0.1, 0.15) is 5.82 Å². The molecule has 0 spiro atoms. The van der Waals surface area contributed by atoms with Gasteiger partial charge in [-0.2, -0.15) is 4.98 Å². The first kappa shape index (κ1) is 11.4. The van der Waals surface area contributed by atoms with Gasteiger partial charge in [-0.1, -0.05) is 5.16 Å². The zero-order valence-electron chi connectivity index (χ0n) is 9.07. The van der Waals surface area contributed by atoms with E-state index in [0.717, 1.165) is 12.3 Å².